The number of nitriles is 1. The quantitative estimate of drug-likeness (QED) is 0.461. The van der Waals surface area contributed by atoms with Crippen molar-refractivity contribution in [3.8, 4) is 6.07 Å². The van der Waals surface area contributed by atoms with Gasteiger partial charge in [0.1, 0.15) is 11.1 Å². The van der Waals surface area contributed by atoms with Crippen LogP contribution in [0, 0.1) is 11.3 Å². The van der Waals surface area contributed by atoms with Gasteiger partial charge in [-0.15, -0.1) is 0 Å². The summed E-state index contributed by atoms with van der Waals surface area (Å²) in [7, 11) is -3.29. The summed E-state index contributed by atoms with van der Waals surface area (Å²) >= 11 is 0. The molecule has 5 N–H and O–H groups in total. The number of anilines is 2. The molecule has 33 heavy (non-hydrogen) atoms. The van der Waals surface area contributed by atoms with E-state index in [-0.39, 0.29) is 22.7 Å². The molecule has 11 nitrogen and oxygen atoms in total. The average Bonchev–Trinajstić information content (AvgIpc) is 3.08. The fraction of sp³-hybridized carbons (Fsp3) is 0.333. The van der Waals surface area contributed by atoms with E-state index in [1.54, 1.807) is 16.8 Å². The molecule has 1 aromatic carbocycles. The van der Waals surface area contributed by atoms with Gasteiger partial charge in [-0.05, 0) is 24.3 Å². The monoisotopic (exact) mass is 488 g/mol. The second kappa shape index (κ2) is 9.46. The van der Waals surface area contributed by atoms with Crippen molar-refractivity contribution in [1.82, 2.24) is 15.1 Å². The third-order valence-electron chi connectivity index (χ3n) is 4.57. The lowest BCUT2D eigenvalue weighted by atomic mass is 9.89. The first-order valence-electron chi connectivity index (χ1n) is 9.04. The number of primary amides is 1. The molecule has 0 unspecified atom stereocenters. The first-order valence-corrected chi connectivity index (χ1v) is 10.9. The molecule has 178 valence electrons. The van der Waals surface area contributed by atoms with Crippen molar-refractivity contribution in [2.45, 2.75) is 23.0 Å². The van der Waals surface area contributed by atoms with Gasteiger partial charge < -0.3 is 21.5 Å². The van der Waals surface area contributed by atoms with Crippen molar-refractivity contribution in [3.63, 3.8) is 0 Å². The summed E-state index contributed by atoms with van der Waals surface area (Å²) in [4.78, 5) is 20.9. The second-order valence-electron chi connectivity index (χ2n) is 7.09. The molecule has 0 spiro atoms. The summed E-state index contributed by atoms with van der Waals surface area (Å²) in [5, 5.41) is 26.7. The van der Waals surface area contributed by atoms with Crippen molar-refractivity contribution in [3.05, 3.63) is 36.0 Å². The molecule has 15 heteroatoms. The van der Waals surface area contributed by atoms with E-state index in [1.165, 1.54) is 18.3 Å². The van der Waals surface area contributed by atoms with Crippen LogP contribution >= 0.6 is 0 Å². The van der Waals surface area contributed by atoms with E-state index in [4.69, 9.17) is 20.9 Å². The van der Waals surface area contributed by atoms with Crippen LogP contribution in [-0.4, -0.2) is 60.7 Å². The standard InChI is InChI=1S/C16H18N6O3S.C2HF3O2/c1-26(24,25)12-4-2-11(3-5-12)20-15-13(14(18)23)8-22(21-15)16(6-7-17)9-19-10-16;3-2(4,5)1(6)7/h2-5,8,19H,6,9-10H2,1H3,(H2,18,23)(H,20,21);(H,6,7). The number of aliphatic carboxylic acids is 1. The lowest BCUT2D eigenvalue weighted by Crippen LogP contribution is -2.60. The number of halogens is 3. The maximum atomic E-state index is 11.8. The lowest BCUT2D eigenvalue weighted by Gasteiger charge is -2.41. The van der Waals surface area contributed by atoms with Gasteiger partial charge in [0.2, 0.25) is 0 Å². The Morgan fingerprint density at radius 3 is 2.24 bits per heavy atom. The Bertz CT molecular complexity index is 1180. The van der Waals surface area contributed by atoms with E-state index in [1.807, 2.05) is 0 Å². The lowest BCUT2D eigenvalue weighted by molar-refractivity contribution is -0.192. The highest BCUT2D eigenvalue weighted by atomic mass is 32.2. The Balaban J connectivity index is 0.000000479. The highest BCUT2D eigenvalue weighted by Crippen LogP contribution is 2.29. The molecule has 0 aliphatic carbocycles. The smallest absolute Gasteiger partial charge is 0.475 e. The number of sulfone groups is 1. The summed E-state index contributed by atoms with van der Waals surface area (Å²) in [5.74, 6) is -3.15. The van der Waals surface area contributed by atoms with Crippen LogP contribution in [0.5, 0.6) is 0 Å². The first kappa shape index (κ1) is 25.6. The third kappa shape index (κ3) is 6.20. The van der Waals surface area contributed by atoms with Crippen LogP contribution in [0.4, 0.5) is 24.7 Å². The zero-order chi connectivity index (χ0) is 25.0. The molecule has 1 saturated heterocycles. The number of nitrogens with zero attached hydrogens (tertiary/aromatic N) is 3. The SMILES string of the molecule is CS(=O)(=O)c1ccc(Nc2nn(C3(CC#N)CNC3)cc2C(N)=O)cc1.O=C(O)C(F)(F)F. The fourth-order valence-electron chi connectivity index (χ4n) is 2.74. The number of carboxylic acids is 1. The van der Waals surface area contributed by atoms with Crippen LogP contribution in [0.3, 0.4) is 0 Å². The maximum absolute atomic E-state index is 11.8. The minimum atomic E-state index is -5.08. The van der Waals surface area contributed by atoms with E-state index >= 15 is 0 Å². The molecule has 0 radical (unpaired) electrons. The average molecular weight is 488 g/mol. The summed E-state index contributed by atoms with van der Waals surface area (Å²) in [6, 6.07) is 8.23. The number of aromatic nitrogens is 2. The molecule has 1 aromatic heterocycles. The number of benzene rings is 1. The predicted octanol–water partition coefficient (Wildman–Crippen LogP) is 0.975. The van der Waals surface area contributed by atoms with Gasteiger partial charge in [-0.25, -0.2) is 13.2 Å². The number of alkyl halides is 3. The topological polar surface area (TPSA) is 180 Å². The normalized spacial score (nSPS) is 14.8. The van der Waals surface area contributed by atoms with Crippen molar-refractivity contribution < 1.29 is 36.3 Å². The minimum Gasteiger partial charge on any atom is -0.475 e. The maximum Gasteiger partial charge on any atom is 0.490 e. The number of amides is 1. The highest BCUT2D eigenvalue weighted by molar-refractivity contribution is 7.90. The zero-order valence-corrected chi connectivity index (χ0v) is 17.9. The molecular formula is C18H19F3N6O5S. The molecule has 0 bridgehead atoms. The molecule has 1 amide bonds. The number of hydrogen-bond acceptors (Lipinski definition) is 8. The molecule has 1 fully saturated rings. The van der Waals surface area contributed by atoms with E-state index in [0.717, 1.165) is 6.26 Å². The van der Waals surface area contributed by atoms with E-state index < -0.39 is 33.4 Å². The van der Waals surface area contributed by atoms with Crippen LogP contribution in [0.1, 0.15) is 16.8 Å². The van der Waals surface area contributed by atoms with Crippen molar-refractivity contribution in [2.75, 3.05) is 24.7 Å². The zero-order valence-electron chi connectivity index (χ0n) is 17.0. The van der Waals surface area contributed by atoms with E-state index in [9.17, 15) is 26.4 Å². The number of carbonyl (C=O) groups excluding carboxylic acids is 1. The largest absolute Gasteiger partial charge is 0.490 e. The third-order valence-corrected chi connectivity index (χ3v) is 5.70. The van der Waals surface area contributed by atoms with Crippen molar-refractivity contribution in [1.29, 1.82) is 5.26 Å². The van der Waals surface area contributed by atoms with Crippen molar-refractivity contribution in [2.24, 2.45) is 5.73 Å². The Kier molecular flexibility index (Phi) is 7.35. The Hall–Kier alpha value is -3.64. The van der Waals surface area contributed by atoms with Crippen LogP contribution in [0.25, 0.3) is 0 Å². The minimum absolute atomic E-state index is 0.192. The fourth-order valence-corrected chi connectivity index (χ4v) is 3.37. The number of carboxylic acid groups (broad SMARTS) is 1. The number of nitrogens with two attached hydrogens (primary N) is 1. The summed E-state index contributed by atoms with van der Waals surface area (Å²) in [5.41, 5.74) is 5.70. The van der Waals surface area contributed by atoms with Gasteiger partial charge in [-0.3, -0.25) is 9.48 Å². The number of rotatable bonds is 6. The van der Waals surface area contributed by atoms with Gasteiger partial charge in [-0.2, -0.15) is 23.5 Å². The van der Waals surface area contributed by atoms with Gasteiger partial charge in [0.25, 0.3) is 5.91 Å². The molecule has 2 aromatic rings. The number of carbonyl (C=O) groups is 2. The van der Waals surface area contributed by atoms with Gasteiger partial charge in [-0.1, -0.05) is 0 Å². The molecule has 3 rings (SSSR count). The van der Waals surface area contributed by atoms with Crippen molar-refractivity contribution >= 4 is 33.2 Å². The molecule has 0 atom stereocenters. The molecule has 1 aliphatic heterocycles. The Morgan fingerprint density at radius 1 is 1.33 bits per heavy atom. The summed E-state index contributed by atoms with van der Waals surface area (Å²) in [6.07, 6.45) is -2.17. The first-order chi connectivity index (χ1) is 15.2. The molecule has 0 saturated carbocycles. The highest BCUT2D eigenvalue weighted by Gasteiger charge is 2.40. The number of nitrogens with one attached hydrogen (secondary N) is 2. The van der Waals surface area contributed by atoms with Crippen LogP contribution in [0.15, 0.2) is 35.4 Å². The van der Waals surface area contributed by atoms with E-state index in [0.29, 0.717) is 18.8 Å². The van der Waals surface area contributed by atoms with Crippen LogP contribution in [-0.2, 0) is 20.2 Å². The van der Waals surface area contributed by atoms with Gasteiger partial charge in [0.05, 0.1) is 17.4 Å². The molecule has 1 aliphatic rings. The molecule has 2 heterocycles. The Morgan fingerprint density at radius 2 is 1.88 bits per heavy atom. The van der Waals surface area contributed by atoms with Gasteiger partial charge in [0.15, 0.2) is 15.7 Å². The van der Waals surface area contributed by atoms with E-state index in [2.05, 4.69) is 21.8 Å². The van der Waals surface area contributed by atoms with Crippen LogP contribution in [0.2, 0.25) is 0 Å². The summed E-state index contributed by atoms with van der Waals surface area (Å²) in [6.45, 7) is 1.14. The summed E-state index contributed by atoms with van der Waals surface area (Å²) < 4.78 is 56.4. The second-order valence-corrected chi connectivity index (χ2v) is 9.10. The molecular weight excluding hydrogens is 469 g/mol. The van der Waals surface area contributed by atoms with Crippen LogP contribution < -0.4 is 16.4 Å². The number of hydrogen-bond donors (Lipinski definition) is 4. The van der Waals surface area contributed by atoms with Gasteiger partial charge >= 0.3 is 12.1 Å². The Labute approximate surface area is 185 Å². The van der Waals surface area contributed by atoms with Gasteiger partial charge in [0, 0.05) is 31.2 Å². The predicted molar refractivity (Wildman–Crippen MR) is 108 cm³/mol.